The quantitative estimate of drug-likeness (QED) is 0.529. The average Bonchev–Trinajstić information content (AvgIpc) is 3.11. The van der Waals surface area contributed by atoms with Gasteiger partial charge in [-0.3, -0.25) is 9.59 Å². The number of hydrogen-bond donors (Lipinski definition) is 1. The highest BCUT2D eigenvalue weighted by Gasteiger charge is 2.60. The maximum atomic E-state index is 13.4. The summed E-state index contributed by atoms with van der Waals surface area (Å²) in [5.74, 6) is 1.14. The Morgan fingerprint density at radius 2 is 1.76 bits per heavy atom. The molecule has 3 fully saturated rings. The summed E-state index contributed by atoms with van der Waals surface area (Å²) in [6.45, 7) is 4.52. The Morgan fingerprint density at radius 1 is 1.00 bits per heavy atom. The lowest BCUT2D eigenvalue weighted by Gasteiger charge is -2.58. The zero-order valence-electron chi connectivity index (χ0n) is 19.3. The summed E-state index contributed by atoms with van der Waals surface area (Å²) in [4.78, 5) is 25.3. The predicted molar refractivity (Wildman–Crippen MR) is 120 cm³/mol. The zero-order valence-corrected chi connectivity index (χ0v) is 19.3. The molecule has 4 aliphatic carbocycles. The molecular weight excluding hydrogens is 427 g/mol. The van der Waals surface area contributed by atoms with Crippen LogP contribution in [0.3, 0.4) is 0 Å². The Balaban J connectivity index is 1.37. The maximum Gasteiger partial charge on any atom is 0.418 e. The van der Waals surface area contributed by atoms with Crippen molar-refractivity contribution < 1.29 is 22.8 Å². The van der Waals surface area contributed by atoms with Gasteiger partial charge in [-0.2, -0.15) is 13.2 Å². The van der Waals surface area contributed by atoms with Crippen molar-refractivity contribution in [3.05, 3.63) is 41.5 Å². The van der Waals surface area contributed by atoms with Crippen molar-refractivity contribution in [2.45, 2.75) is 71.4 Å². The first kappa shape index (κ1) is 22.7. The highest BCUT2D eigenvalue weighted by Crippen LogP contribution is 2.66. The molecule has 0 bridgehead atoms. The second-order valence-electron chi connectivity index (χ2n) is 11.2. The van der Waals surface area contributed by atoms with Gasteiger partial charge in [-0.1, -0.05) is 31.6 Å². The number of fused-ring (bicyclic) bond motifs is 5. The normalized spacial score (nSPS) is 38.1. The van der Waals surface area contributed by atoms with E-state index in [1.807, 2.05) is 6.08 Å². The Morgan fingerprint density at radius 3 is 2.52 bits per heavy atom. The lowest BCUT2D eigenvalue weighted by Crippen LogP contribution is -2.51. The van der Waals surface area contributed by atoms with Crippen LogP contribution in [0.5, 0.6) is 0 Å². The zero-order chi connectivity index (χ0) is 23.6. The van der Waals surface area contributed by atoms with Gasteiger partial charge in [0.15, 0.2) is 5.78 Å². The highest BCUT2D eigenvalue weighted by atomic mass is 19.4. The lowest BCUT2D eigenvalue weighted by atomic mass is 9.47. The van der Waals surface area contributed by atoms with Crippen LogP contribution in [0.2, 0.25) is 0 Å². The first-order valence-electron chi connectivity index (χ1n) is 12.2. The Hall–Kier alpha value is -2.11. The molecule has 3 unspecified atom stereocenters. The van der Waals surface area contributed by atoms with Gasteiger partial charge in [-0.25, -0.2) is 0 Å². The summed E-state index contributed by atoms with van der Waals surface area (Å²) >= 11 is 0. The van der Waals surface area contributed by atoms with Crippen LogP contribution in [0.4, 0.5) is 18.9 Å². The molecule has 6 atom stereocenters. The molecule has 3 nitrogen and oxygen atoms in total. The molecule has 0 aromatic heterocycles. The molecule has 1 aromatic carbocycles. The minimum absolute atomic E-state index is 0.0736. The van der Waals surface area contributed by atoms with Crippen molar-refractivity contribution in [1.29, 1.82) is 0 Å². The van der Waals surface area contributed by atoms with Crippen molar-refractivity contribution in [1.82, 2.24) is 0 Å². The number of nitrogens with one attached hydrogen (secondary N) is 1. The molecule has 1 aromatic rings. The topological polar surface area (TPSA) is 46.2 Å². The van der Waals surface area contributed by atoms with Crippen molar-refractivity contribution in [3.63, 3.8) is 0 Å². The van der Waals surface area contributed by atoms with Gasteiger partial charge in [0.2, 0.25) is 5.91 Å². The van der Waals surface area contributed by atoms with E-state index in [0.29, 0.717) is 24.2 Å². The van der Waals surface area contributed by atoms with Gasteiger partial charge in [0.1, 0.15) is 0 Å². The minimum Gasteiger partial charge on any atom is -0.325 e. The number of carbonyl (C=O) groups is 2. The number of para-hydroxylation sites is 1. The van der Waals surface area contributed by atoms with Crippen molar-refractivity contribution >= 4 is 17.4 Å². The molecule has 0 saturated heterocycles. The number of halogens is 3. The van der Waals surface area contributed by atoms with E-state index in [4.69, 9.17) is 0 Å². The molecule has 5 rings (SSSR count). The SMILES string of the molecule is C[C@]12CCC(=O)C=C1CCC1C2CC[C@@]2(C)C1CC[C@@H]2C(=O)Nc1ccccc1C(F)(F)F. The van der Waals surface area contributed by atoms with Gasteiger partial charge in [-0.15, -0.1) is 0 Å². The van der Waals surface area contributed by atoms with E-state index < -0.39 is 11.7 Å². The molecule has 0 aliphatic heterocycles. The molecule has 1 N–H and O–H groups in total. The van der Waals surface area contributed by atoms with Crippen LogP contribution >= 0.6 is 0 Å². The van der Waals surface area contributed by atoms with E-state index in [1.54, 1.807) is 0 Å². The molecule has 0 spiro atoms. The van der Waals surface area contributed by atoms with Crippen LogP contribution < -0.4 is 5.32 Å². The number of rotatable bonds is 2. The van der Waals surface area contributed by atoms with Crippen molar-refractivity contribution in [2.24, 2.45) is 34.5 Å². The third-order valence-corrected chi connectivity index (χ3v) is 9.77. The number of allylic oxidation sites excluding steroid dienone is 1. The summed E-state index contributed by atoms with van der Waals surface area (Å²) < 4.78 is 40.3. The smallest absolute Gasteiger partial charge is 0.325 e. The van der Waals surface area contributed by atoms with Crippen molar-refractivity contribution in [2.75, 3.05) is 5.32 Å². The summed E-state index contributed by atoms with van der Waals surface area (Å²) in [5.41, 5.74) is 0.250. The fraction of sp³-hybridized carbons (Fsp3) is 0.630. The van der Waals surface area contributed by atoms with Crippen LogP contribution in [-0.4, -0.2) is 11.7 Å². The van der Waals surface area contributed by atoms with E-state index >= 15 is 0 Å². The van der Waals surface area contributed by atoms with E-state index in [-0.39, 0.29) is 34.1 Å². The van der Waals surface area contributed by atoms with E-state index in [2.05, 4.69) is 19.2 Å². The fourth-order valence-corrected chi connectivity index (χ4v) is 8.05. The maximum absolute atomic E-state index is 13.4. The van der Waals surface area contributed by atoms with Crippen LogP contribution in [0.25, 0.3) is 0 Å². The van der Waals surface area contributed by atoms with E-state index in [9.17, 15) is 22.8 Å². The lowest BCUT2D eigenvalue weighted by molar-refractivity contribution is -0.137. The second kappa shape index (κ2) is 7.71. The van der Waals surface area contributed by atoms with Gasteiger partial charge >= 0.3 is 6.18 Å². The van der Waals surface area contributed by atoms with Gasteiger partial charge in [-0.05, 0) is 91.7 Å². The first-order chi connectivity index (χ1) is 15.5. The molecule has 1 amide bonds. The van der Waals surface area contributed by atoms with E-state index in [1.165, 1.54) is 23.8 Å². The van der Waals surface area contributed by atoms with Crippen LogP contribution in [0.15, 0.2) is 35.9 Å². The largest absolute Gasteiger partial charge is 0.418 e. The van der Waals surface area contributed by atoms with Crippen molar-refractivity contribution in [3.8, 4) is 0 Å². The molecule has 3 saturated carbocycles. The monoisotopic (exact) mass is 459 g/mol. The van der Waals surface area contributed by atoms with Crippen LogP contribution in [-0.2, 0) is 15.8 Å². The highest BCUT2D eigenvalue weighted by molar-refractivity contribution is 5.94. The average molecular weight is 460 g/mol. The number of hydrogen-bond acceptors (Lipinski definition) is 2. The van der Waals surface area contributed by atoms with Gasteiger partial charge < -0.3 is 5.32 Å². The number of benzene rings is 1. The Bertz CT molecular complexity index is 1010. The summed E-state index contributed by atoms with van der Waals surface area (Å²) in [7, 11) is 0. The number of ketones is 1. The molecule has 33 heavy (non-hydrogen) atoms. The number of alkyl halides is 3. The van der Waals surface area contributed by atoms with Gasteiger partial charge in [0.25, 0.3) is 0 Å². The first-order valence-corrected chi connectivity index (χ1v) is 12.2. The summed E-state index contributed by atoms with van der Waals surface area (Å²) in [6.07, 6.45) is 4.53. The number of carbonyl (C=O) groups excluding carboxylic acids is 2. The summed E-state index contributed by atoms with van der Waals surface area (Å²) in [6, 6.07) is 5.23. The third kappa shape index (κ3) is 3.55. The predicted octanol–water partition coefficient (Wildman–Crippen LogP) is 6.79. The fourth-order valence-electron chi connectivity index (χ4n) is 8.05. The molecule has 4 aliphatic rings. The van der Waals surface area contributed by atoms with Crippen LogP contribution in [0.1, 0.15) is 70.8 Å². The number of anilines is 1. The van der Waals surface area contributed by atoms with Gasteiger partial charge in [0, 0.05) is 12.3 Å². The Labute approximate surface area is 193 Å². The Kier molecular flexibility index (Phi) is 5.30. The molecule has 0 heterocycles. The molecule has 0 radical (unpaired) electrons. The van der Waals surface area contributed by atoms with E-state index in [0.717, 1.165) is 51.0 Å². The third-order valence-electron chi connectivity index (χ3n) is 9.77. The van der Waals surface area contributed by atoms with Gasteiger partial charge in [0.05, 0.1) is 11.3 Å². The summed E-state index contributed by atoms with van der Waals surface area (Å²) in [5, 5.41) is 2.64. The van der Waals surface area contributed by atoms with Crippen LogP contribution in [0, 0.1) is 34.5 Å². The standard InChI is InChI=1S/C27H32F3NO2/c1-25-13-11-17(32)15-16(25)7-8-18-19-9-10-22(26(19,2)14-12-20(18)25)24(33)31-23-6-4-3-5-21(23)27(28,29)30/h3-6,15,18-20,22H,7-14H2,1-2H3,(H,31,33)/t18?,19?,20?,22-,25+,26+/m1/s1. The minimum atomic E-state index is -4.51. The molecular formula is C27H32F3NO2. The second-order valence-corrected chi connectivity index (χ2v) is 11.2. The number of amides is 1. The molecule has 178 valence electrons. The molecule has 6 heteroatoms.